The lowest BCUT2D eigenvalue weighted by Crippen LogP contribution is -2.10. The van der Waals surface area contributed by atoms with E-state index in [1.807, 2.05) is 84.1 Å². The van der Waals surface area contributed by atoms with E-state index in [0.717, 1.165) is 23.0 Å². The van der Waals surface area contributed by atoms with Crippen LogP contribution in [0.4, 0.5) is 0 Å². The first-order chi connectivity index (χ1) is 11.1. The molecular formula is C20H31Cl2N. The van der Waals surface area contributed by atoms with Gasteiger partial charge in [0.15, 0.2) is 0 Å². The van der Waals surface area contributed by atoms with Gasteiger partial charge in [-0.15, -0.1) is 0 Å². The molecule has 0 radical (unpaired) electrons. The molecule has 0 saturated carbocycles. The summed E-state index contributed by atoms with van der Waals surface area (Å²) < 4.78 is 0. The van der Waals surface area contributed by atoms with Gasteiger partial charge in [-0.2, -0.15) is 0 Å². The average molecular weight is 356 g/mol. The van der Waals surface area contributed by atoms with Crippen molar-refractivity contribution in [3.05, 3.63) is 69.7 Å². The van der Waals surface area contributed by atoms with Gasteiger partial charge in [0.05, 0.1) is 0 Å². The fourth-order valence-electron chi connectivity index (χ4n) is 1.50. The molecule has 2 aromatic carbocycles. The number of hydrogen-bond donors (Lipinski definition) is 1. The highest BCUT2D eigenvalue weighted by atomic mass is 35.5. The Morgan fingerprint density at radius 2 is 1.39 bits per heavy atom. The summed E-state index contributed by atoms with van der Waals surface area (Å²) in [5.74, 6) is 0. The van der Waals surface area contributed by atoms with E-state index >= 15 is 0 Å². The fourth-order valence-corrected chi connectivity index (χ4v) is 1.83. The smallest absolute Gasteiger partial charge is 0.0408 e. The number of hydrogen-bond acceptors (Lipinski definition) is 1. The maximum atomic E-state index is 5.80. The van der Waals surface area contributed by atoms with Gasteiger partial charge in [-0.3, -0.25) is 0 Å². The first-order valence-electron chi connectivity index (χ1n) is 8.23. The lowest BCUT2D eigenvalue weighted by atomic mass is 10.1. The molecule has 130 valence electrons. The summed E-state index contributed by atoms with van der Waals surface area (Å²) in [6, 6.07) is 15.7. The zero-order chi connectivity index (χ0) is 18.1. The molecule has 0 spiro atoms. The summed E-state index contributed by atoms with van der Waals surface area (Å²) in [6.45, 7) is 11.0. The maximum absolute atomic E-state index is 5.80. The number of benzene rings is 2. The van der Waals surface area contributed by atoms with E-state index in [1.54, 1.807) is 0 Å². The van der Waals surface area contributed by atoms with Crippen molar-refractivity contribution in [2.24, 2.45) is 0 Å². The molecule has 0 aliphatic carbocycles. The van der Waals surface area contributed by atoms with E-state index in [0.29, 0.717) is 0 Å². The van der Waals surface area contributed by atoms with Crippen LogP contribution in [0.15, 0.2) is 48.5 Å². The van der Waals surface area contributed by atoms with E-state index in [-0.39, 0.29) is 0 Å². The molecule has 0 amide bonds. The number of halogens is 2. The van der Waals surface area contributed by atoms with Gasteiger partial charge in [0, 0.05) is 10.0 Å². The fraction of sp³-hybridized carbons (Fsp3) is 0.400. The Kier molecular flexibility index (Phi) is 18.3. The zero-order valence-electron chi connectivity index (χ0n) is 15.3. The van der Waals surface area contributed by atoms with Crippen LogP contribution < -0.4 is 5.32 Å². The second-order valence-corrected chi connectivity index (χ2v) is 5.15. The van der Waals surface area contributed by atoms with Crippen molar-refractivity contribution in [2.75, 3.05) is 13.6 Å². The van der Waals surface area contributed by atoms with Crippen LogP contribution in [-0.4, -0.2) is 13.6 Å². The molecule has 0 heterocycles. The Balaban J connectivity index is 0. The number of aryl methyl sites for hydroxylation is 1. The largest absolute Gasteiger partial charge is 0.319 e. The van der Waals surface area contributed by atoms with Crippen LogP contribution >= 0.6 is 23.2 Å². The van der Waals surface area contributed by atoms with Gasteiger partial charge in [0.25, 0.3) is 0 Å². The van der Waals surface area contributed by atoms with Crippen molar-refractivity contribution in [1.29, 1.82) is 0 Å². The Morgan fingerprint density at radius 3 is 1.83 bits per heavy atom. The van der Waals surface area contributed by atoms with E-state index in [1.165, 1.54) is 11.1 Å². The number of likely N-dealkylation sites (N-methyl/N-ethyl adjacent to an activating group) is 1. The molecular weight excluding hydrogens is 325 g/mol. The van der Waals surface area contributed by atoms with Gasteiger partial charge in [-0.1, -0.05) is 80.7 Å². The van der Waals surface area contributed by atoms with Crippen LogP contribution in [0.25, 0.3) is 0 Å². The molecule has 0 aromatic heterocycles. The van der Waals surface area contributed by atoms with Gasteiger partial charge in [0.1, 0.15) is 0 Å². The Labute approximate surface area is 153 Å². The van der Waals surface area contributed by atoms with Crippen LogP contribution in [0.5, 0.6) is 0 Å². The van der Waals surface area contributed by atoms with Gasteiger partial charge in [-0.05, 0) is 56.8 Å². The van der Waals surface area contributed by atoms with Crippen molar-refractivity contribution >= 4 is 23.2 Å². The molecule has 3 heteroatoms. The highest BCUT2D eigenvalue weighted by Crippen LogP contribution is 2.10. The molecule has 1 nitrogen and oxygen atoms in total. The molecule has 0 unspecified atom stereocenters. The standard InChI is InChI=1S/C9H12ClN.C7H7Cl.2C2H6/c1-11-6-5-8-3-2-4-9(10)7-8;1-6-2-4-7(8)5-3-6;2*1-2/h2-4,7,11H,5-6H2,1H3;2-5H,1H3;2*1-2H3. The molecule has 2 rings (SSSR count). The van der Waals surface area contributed by atoms with Gasteiger partial charge in [-0.25, -0.2) is 0 Å². The summed E-state index contributed by atoms with van der Waals surface area (Å²) in [4.78, 5) is 0. The van der Waals surface area contributed by atoms with Crippen LogP contribution in [0.3, 0.4) is 0 Å². The molecule has 0 fully saturated rings. The first kappa shape index (κ1) is 24.2. The lowest BCUT2D eigenvalue weighted by Gasteiger charge is -1.99. The summed E-state index contributed by atoms with van der Waals surface area (Å²) in [5.41, 5.74) is 2.53. The Bertz CT molecular complexity index is 460. The van der Waals surface area contributed by atoms with Crippen molar-refractivity contribution in [3.63, 3.8) is 0 Å². The monoisotopic (exact) mass is 355 g/mol. The molecule has 0 atom stereocenters. The Morgan fingerprint density at radius 1 is 0.826 bits per heavy atom. The third-order valence-corrected chi connectivity index (χ3v) is 3.05. The Hall–Kier alpha value is -1.02. The van der Waals surface area contributed by atoms with E-state index in [4.69, 9.17) is 23.2 Å². The second-order valence-electron chi connectivity index (χ2n) is 4.28. The first-order valence-corrected chi connectivity index (χ1v) is 8.98. The van der Waals surface area contributed by atoms with Crippen LogP contribution in [0, 0.1) is 6.92 Å². The van der Waals surface area contributed by atoms with Gasteiger partial charge < -0.3 is 5.32 Å². The number of rotatable bonds is 3. The third kappa shape index (κ3) is 14.3. The molecule has 23 heavy (non-hydrogen) atoms. The second kappa shape index (κ2) is 17.3. The summed E-state index contributed by atoms with van der Waals surface area (Å²) >= 11 is 11.4. The van der Waals surface area contributed by atoms with E-state index in [2.05, 4.69) is 11.4 Å². The quantitative estimate of drug-likeness (QED) is 0.637. The highest BCUT2D eigenvalue weighted by molar-refractivity contribution is 6.30. The highest BCUT2D eigenvalue weighted by Gasteiger charge is 1.91. The normalized spacial score (nSPS) is 8.52. The third-order valence-electron chi connectivity index (χ3n) is 2.56. The average Bonchev–Trinajstić information content (AvgIpc) is 2.60. The minimum atomic E-state index is 0.801. The van der Waals surface area contributed by atoms with Crippen molar-refractivity contribution in [1.82, 2.24) is 5.32 Å². The predicted molar refractivity (Wildman–Crippen MR) is 108 cm³/mol. The van der Waals surface area contributed by atoms with Crippen molar-refractivity contribution < 1.29 is 0 Å². The minimum Gasteiger partial charge on any atom is -0.319 e. The van der Waals surface area contributed by atoms with Crippen LogP contribution in [-0.2, 0) is 6.42 Å². The van der Waals surface area contributed by atoms with Crippen LogP contribution in [0.2, 0.25) is 10.0 Å². The topological polar surface area (TPSA) is 12.0 Å². The molecule has 0 saturated heterocycles. The van der Waals surface area contributed by atoms with Gasteiger partial charge in [0.2, 0.25) is 0 Å². The van der Waals surface area contributed by atoms with E-state index < -0.39 is 0 Å². The van der Waals surface area contributed by atoms with Crippen molar-refractivity contribution in [3.8, 4) is 0 Å². The molecule has 0 bridgehead atoms. The molecule has 0 aliphatic rings. The number of nitrogens with one attached hydrogen (secondary N) is 1. The molecule has 1 N–H and O–H groups in total. The lowest BCUT2D eigenvalue weighted by molar-refractivity contribution is 0.792. The SMILES string of the molecule is CC.CC.CNCCc1cccc(Cl)c1.Cc1ccc(Cl)cc1. The summed E-state index contributed by atoms with van der Waals surface area (Å²) in [5, 5.41) is 4.71. The van der Waals surface area contributed by atoms with Gasteiger partial charge >= 0.3 is 0 Å². The summed E-state index contributed by atoms with van der Waals surface area (Å²) in [6.07, 6.45) is 1.04. The molecule has 0 aliphatic heterocycles. The molecule has 2 aromatic rings. The zero-order valence-corrected chi connectivity index (χ0v) is 16.8. The van der Waals surface area contributed by atoms with Crippen molar-refractivity contribution in [2.45, 2.75) is 41.0 Å². The van der Waals surface area contributed by atoms with E-state index in [9.17, 15) is 0 Å². The predicted octanol–water partition coefficient (Wildman–Crippen LogP) is 6.80. The summed E-state index contributed by atoms with van der Waals surface area (Å²) in [7, 11) is 1.95. The maximum Gasteiger partial charge on any atom is 0.0408 e. The minimum absolute atomic E-state index is 0.801. The van der Waals surface area contributed by atoms with Crippen LogP contribution in [0.1, 0.15) is 38.8 Å².